The molecular formula is C14H18F2N2O4S. The molecule has 1 fully saturated rings. The van der Waals surface area contributed by atoms with Gasteiger partial charge in [0.15, 0.2) is 0 Å². The Kier molecular flexibility index (Phi) is 5.02. The first-order valence-electron chi connectivity index (χ1n) is 7.09. The van der Waals surface area contributed by atoms with Gasteiger partial charge in [0.1, 0.15) is 0 Å². The number of nitrogens with zero attached hydrogens (tertiary/aromatic N) is 1. The van der Waals surface area contributed by atoms with Gasteiger partial charge in [-0.05, 0) is 24.6 Å². The Labute approximate surface area is 133 Å². The van der Waals surface area contributed by atoms with Crippen LogP contribution < -0.4 is 4.72 Å². The second-order valence-electron chi connectivity index (χ2n) is 5.53. The molecule has 2 N–H and O–H groups in total. The van der Waals surface area contributed by atoms with Crippen molar-refractivity contribution in [3.63, 3.8) is 0 Å². The molecule has 0 bridgehead atoms. The number of aromatic carboxylic acids is 1. The molecule has 0 spiro atoms. The first-order valence-corrected chi connectivity index (χ1v) is 8.53. The standard InChI is InChI=1S/C14H18F2N2O4S/c1-10(11-2-4-12(5-3-11)13(19)20)17-23(21,22)18-8-6-14(15,16)7-9-18/h2-5,10,17H,6-9H2,1H3,(H,19,20)/t10-/m0/s1. The highest BCUT2D eigenvalue weighted by Gasteiger charge is 2.38. The monoisotopic (exact) mass is 348 g/mol. The predicted molar refractivity (Wildman–Crippen MR) is 79.6 cm³/mol. The summed E-state index contributed by atoms with van der Waals surface area (Å²) in [4.78, 5) is 10.8. The van der Waals surface area contributed by atoms with Gasteiger partial charge in [0.05, 0.1) is 5.56 Å². The fraction of sp³-hybridized carbons (Fsp3) is 0.500. The number of hydrogen-bond donors (Lipinski definition) is 2. The molecule has 0 radical (unpaired) electrons. The molecule has 0 saturated carbocycles. The molecule has 9 heteroatoms. The zero-order valence-electron chi connectivity index (χ0n) is 12.5. The fourth-order valence-electron chi connectivity index (χ4n) is 2.33. The number of alkyl halides is 2. The second-order valence-corrected chi connectivity index (χ2v) is 7.23. The third-order valence-electron chi connectivity index (χ3n) is 3.78. The summed E-state index contributed by atoms with van der Waals surface area (Å²) in [7, 11) is -3.87. The van der Waals surface area contributed by atoms with Gasteiger partial charge in [-0.15, -0.1) is 0 Å². The van der Waals surface area contributed by atoms with E-state index >= 15 is 0 Å². The molecule has 0 aromatic heterocycles. The summed E-state index contributed by atoms with van der Waals surface area (Å²) in [5.41, 5.74) is 0.683. The number of nitrogens with one attached hydrogen (secondary N) is 1. The fourth-order valence-corrected chi connectivity index (χ4v) is 3.73. The molecule has 1 aliphatic heterocycles. The maximum Gasteiger partial charge on any atom is 0.335 e. The van der Waals surface area contributed by atoms with Crippen molar-refractivity contribution >= 4 is 16.2 Å². The molecule has 23 heavy (non-hydrogen) atoms. The van der Waals surface area contributed by atoms with E-state index in [0.29, 0.717) is 5.56 Å². The predicted octanol–water partition coefficient (Wildman–Crippen LogP) is 2.01. The van der Waals surface area contributed by atoms with Crippen molar-refractivity contribution in [1.29, 1.82) is 0 Å². The number of rotatable bonds is 5. The van der Waals surface area contributed by atoms with Gasteiger partial charge in [-0.3, -0.25) is 0 Å². The molecule has 1 saturated heterocycles. The summed E-state index contributed by atoms with van der Waals surface area (Å²) in [6.45, 7) is 1.14. The van der Waals surface area contributed by atoms with Gasteiger partial charge in [-0.2, -0.15) is 17.4 Å². The zero-order chi connectivity index (χ0) is 17.3. The van der Waals surface area contributed by atoms with Crippen LogP contribution in [0.1, 0.15) is 41.7 Å². The van der Waals surface area contributed by atoms with E-state index in [1.165, 1.54) is 24.3 Å². The summed E-state index contributed by atoms with van der Waals surface area (Å²) in [6.07, 6.45) is -0.981. The number of halogens is 2. The van der Waals surface area contributed by atoms with E-state index in [2.05, 4.69) is 4.72 Å². The van der Waals surface area contributed by atoms with Gasteiger partial charge < -0.3 is 5.11 Å². The second kappa shape index (κ2) is 6.50. The minimum absolute atomic E-state index is 0.0991. The first kappa shape index (κ1) is 17.8. The molecular weight excluding hydrogens is 330 g/mol. The Bertz CT molecular complexity index is 667. The van der Waals surface area contributed by atoms with Crippen LogP contribution in [-0.2, 0) is 10.2 Å². The van der Waals surface area contributed by atoms with Crippen LogP contribution in [0.2, 0.25) is 0 Å². The van der Waals surface area contributed by atoms with Crippen molar-refractivity contribution in [3.8, 4) is 0 Å². The molecule has 1 aromatic rings. The lowest BCUT2D eigenvalue weighted by Crippen LogP contribution is -2.48. The minimum Gasteiger partial charge on any atom is -0.478 e. The van der Waals surface area contributed by atoms with Crippen LogP contribution in [0.25, 0.3) is 0 Å². The summed E-state index contributed by atoms with van der Waals surface area (Å²) < 4.78 is 54.1. The number of carboxylic acid groups (broad SMARTS) is 1. The minimum atomic E-state index is -3.87. The smallest absolute Gasteiger partial charge is 0.335 e. The maximum absolute atomic E-state index is 13.1. The van der Waals surface area contributed by atoms with E-state index in [4.69, 9.17) is 5.11 Å². The van der Waals surface area contributed by atoms with Crippen LogP contribution in [0.5, 0.6) is 0 Å². The van der Waals surface area contributed by atoms with E-state index in [1.54, 1.807) is 6.92 Å². The van der Waals surface area contributed by atoms with E-state index in [9.17, 15) is 22.0 Å². The summed E-state index contributed by atoms with van der Waals surface area (Å²) >= 11 is 0. The molecule has 2 rings (SSSR count). The van der Waals surface area contributed by atoms with Crippen LogP contribution >= 0.6 is 0 Å². The van der Waals surface area contributed by atoms with Gasteiger partial charge in [-0.25, -0.2) is 13.6 Å². The quantitative estimate of drug-likeness (QED) is 0.852. The molecule has 0 amide bonds. The van der Waals surface area contributed by atoms with Crippen LogP contribution in [0.15, 0.2) is 24.3 Å². The van der Waals surface area contributed by atoms with Crippen LogP contribution in [0.3, 0.4) is 0 Å². The molecule has 1 atom stereocenters. The lowest BCUT2D eigenvalue weighted by atomic mass is 10.1. The van der Waals surface area contributed by atoms with Gasteiger partial charge in [0.2, 0.25) is 0 Å². The van der Waals surface area contributed by atoms with E-state index in [1.807, 2.05) is 0 Å². The zero-order valence-corrected chi connectivity index (χ0v) is 13.3. The van der Waals surface area contributed by atoms with Crippen LogP contribution in [0.4, 0.5) is 8.78 Å². The number of piperidine rings is 1. The lowest BCUT2D eigenvalue weighted by molar-refractivity contribution is -0.0413. The molecule has 6 nitrogen and oxygen atoms in total. The summed E-state index contributed by atoms with van der Waals surface area (Å²) in [6, 6.07) is 5.18. The summed E-state index contributed by atoms with van der Waals surface area (Å²) in [5, 5.41) is 8.83. The molecule has 1 heterocycles. The number of carboxylic acids is 1. The van der Waals surface area contributed by atoms with Gasteiger partial charge in [0.25, 0.3) is 16.1 Å². The highest BCUT2D eigenvalue weighted by Crippen LogP contribution is 2.29. The average molecular weight is 348 g/mol. The Morgan fingerprint density at radius 1 is 1.26 bits per heavy atom. The number of hydrogen-bond acceptors (Lipinski definition) is 3. The lowest BCUT2D eigenvalue weighted by Gasteiger charge is -2.31. The first-order chi connectivity index (χ1) is 10.6. The van der Waals surface area contributed by atoms with Crippen molar-refractivity contribution in [2.45, 2.75) is 31.7 Å². The number of carbonyl (C=O) groups is 1. The maximum atomic E-state index is 13.1. The van der Waals surface area contributed by atoms with Crippen molar-refractivity contribution in [1.82, 2.24) is 9.03 Å². The molecule has 1 aromatic carbocycles. The Morgan fingerprint density at radius 2 is 1.78 bits per heavy atom. The highest BCUT2D eigenvalue weighted by atomic mass is 32.2. The topological polar surface area (TPSA) is 86.7 Å². The normalized spacial score (nSPS) is 20.1. The van der Waals surface area contributed by atoms with Crippen molar-refractivity contribution in [3.05, 3.63) is 35.4 Å². The molecule has 0 unspecified atom stereocenters. The average Bonchev–Trinajstić information content (AvgIpc) is 2.46. The van der Waals surface area contributed by atoms with Crippen molar-refractivity contribution in [2.24, 2.45) is 0 Å². The van der Waals surface area contributed by atoms with E-state index in [-0.39, 0.29) is 18.7 Å². The Hall–Kier alpha value is -1.58. The third kappa shape index (κ3) is 4.46. The molecule has 0 aliphatic carbocycles. The molecule has 1 aliphatic rings. The van der Waals surface area contributed by atoms with Crippen molar-refractivity contribution < 1.29 is 27.1 Å². The molecule has 128 valence electrons. The number of benzene rings is 1. The largest absolute Gasteiger partial charge is 0.478 e. The summed E-state index contributed by atoms with van der Waals surface area (Å²) in [5.74, 6) is -3.89. The third-order valence-corrected chi connectivity index (χ3v) is 5.47. The van der Waals surface area contributed by atoms with E-state index in [0.717, 1.165) is 4.31 Å². The Morgan fingerprint density at radius 3 is 2.26 bits per heavy atom. The van der Waals surface area contributed by atoms with Crippen molar-refractivity contribution in [2.75, 3.05) is 13.1 Å². The van der Waals surface area contributed by atoms with Crippen LogP contribution in [-0.4, -0.2) is 42.8 Å². The van der Waals surface area contributed by atoms with Gasteiger partial charge in [0, 0.05) is 32.0 Å². The van der Waals surface area contributed by atoms with Gasteiger partial charge >= 0.3 is 5.97 Å². The van der Waals surface area contributed by atoms with E-state index < -0.39 is 41.0 Å². The SMILES string of the molecule is C[C@H](NS(=O)(=O)N1CCC(F)(F)CC1)c1ccc(C(=O)O)cc1. The Balaban J connectivity index is 2.03. The van der Waals surface area contributed by atoms with Gasteiger partial charge in [-0.1, -0.05) is 12.1 Å². The highest BCUT2D eigenvalue weighted by molar-refractivity contribution is 7.87. The van der Waals surface area contributed by atoms with Crippen LogP contribution in [0, 0.1) is 0 Å².